The summed E-state index contributed by atoms with van der Waals surface area (Å²) in [5.41, 5.74) is -0.328. The Morgan fingerprint density at radius 3 is 2.09 bits per heavy atom. The van der Waals surface area contributed by atoms with Crippen molar-refractivity contribution in [2.75, 3.05) is 13.4 Å². The zero-order valence-electron chi connectivity index (χ0n) is 20.4. The number of ether oxygens (including phenoxy) is 3. The van der Waals surface area contributed by atoms with Gasteiger partial charge in [-0.2, -0.15) is 8.78 Å². The van der Waals surface area contributed by atoms with E-state index in [0.29, 0.717) is 38.2 Å². The molecular formula is C27H38F2O5. The minimum Gasteiger partial charge on any atom is -0.457 e. The van der Waals surface area contributed by atoms with Gasteiger partial charge in [0.2, 0.25) is 0 Å². The molecule has 0 aromatic rings. The molecule has 0 aromatic carbocycles. The van der Waals surface area contributed by atoms with E-state index in [9.17, 15) is 18.4 Å². The number of alkyl halides is 2. The fraction of sp³-hybridized carbons (Fsp3) is 0.926. The molecule has 5 atom stereocenters. The van der Waals surface area contributed by atoms with Gasteiger partial charge in [-0.1, -0.05) is 6.92 Å². The van der Waals surface area contributed by atoms with Crippen molar-refractivity contribution in [1.29, 1.82) is 0 Å². The van der Waals surface area contributed by atoms with Crippen LogP contribution in [-0.4, -0.2) is 37.4 Å². The topological polar surface area (TPSA) is 61.8 Å². The molecule has 7 heteroatoms. The van der Waals surface area contributed by atoms with Crippen molar-refractivity contribution in [2.24, 2.45) is 52.3 Å². The summed E-state index contributed by atoms with van der Waals surface area (Å²) in [6.07, 6.45) is 9.70. The summed E-state index contributed by atoms with van der Waals surface area (Å²) < 4.78 is 43.8. The van der Waals surface area contributed by atoms with Crippen LogP contribution in [0.15, 0.2) is 0 Å². The summed E-state index contributed by atoms with van der Waals surface area (Å²) in [7, 11) is 0. The van der Waals surface area contributed by atoms with Crippen LogP contribution in [0.3, 0.4) is 0 Å². The molecule has 0 amide bonds. The van der Waals surface area contributed by atoms with Crippen LogP contribution in [0.4, 0.5) is 8.78 Å². The highest BCUT2D eigenvalue weighted by Gasteiger charge is 2.61. The molecule has 0 radical (unpaired) electrons. The van der Waals surface area contributed by atoms with Crippen LogP contribution in [0, 0.1) is 52.3 Å². The minimum atomic E-state index is -3.49. The average molecular weight is 481 g/mol. The molecule has 8 fully saturated rings. The molecule has 8 aliphatic rings. The molecule has 8 bridgehead atoms. The quantitative estimate of drug-likeness (QED) is 0.279. The first kappa shape index (κ1) is 23.2. The lowest BCUT2D eigenvalue weighted by molar-refractivity contribution is -0.213. The van der Waals surface area contributed by atoms with Gasteiger partial charge < -0.3 is 14.2 Å². The molecule has 0 spiro atoms. The third-order valence-corrected chi connectivity index (χ3v) is 10.9. The second kappa shape index (κ2) is 7.88. The second-order valence-electron chi connectivity index (χ2n) is 13.2. The van der Waals surface area contributed by atoms with Crippen molar-refractivity contribution in [3.05, 3.63) is 0 Å². The maximum Gasteiger partial charge on any atom is 0.376 e. The van der Waals surface area contributed by atoms with E-state index in [1.54, 1.807) is 0 Å². The second-order valence-corrected chi connectivity index (χ2v) is 13.2. The number of halogens is 2. The predicted molar refractivity (Wildman–Crippen MR) is 119 cm³/mol. The van der Waals surface area contributed by atoms with Crippen molar-refractivity contribution >= 4 is 11.9 Å². The van der Waals surface area contributed by atoms with Crippen molar-refractivity contribution in [2.45, 2.75) is 90.1 Å². The molecule has 5 nitrogen and oxygen atoms in total. The summed E-state index contributed by atoms with van der Waals surface area (Å²) in [6, 6.07) is 0. The standard InChI is InChI=1S/C27H38F2O5/c1-15-19-4-16-3-17(5-19)10-27(15,9-16)13-32-14-33-24(31)26-8-18-6-20(11-26)22(21(7-18)12-26)34-23(30)25(2,28)29/h15-22H,3-14H2,1-2H3. The van der Waals surface area contributed by atoms with Gasteiger partial charge in [-0.3, -0.25) is 4.79 Å². The number of hydrogen-bond acceptors (Lipinski definition) is 5. The van der Waals surface area contributed by atoms with E-state index in [2.05, 4.69) is 6.92 Å². The van der Waals surface area contributed by atoms with E-state index in [-0.39, 0.29) is 30.0 Å². The summed E-state index contributed by atoms with van der Waals surface area (Å²) in [6.45, 7) is 3.64. The Morgan fingerprint density at radius 1 is 0.882 bits per heavy atom. The summed E-state index contributed by atoms with van der Waals surface area (Å²) in [4.78, 5) is 25.1. The molecule has 8 aliphatic carbocycles. The maximum absolute atomic E-state index is 13.4. The minimum absolute atomic E-state index is 0.00444. The van der Waals surface area contributed by atoms with Crippen molar-refractivity contribution in [1.82, 2.24) is 0 Å². The van der Waals surface area contributed by atoms with Crippen molar-refractivity contribution < 1.29 is 32.6 Å². The predicted octanol–water partition coefficient (Wildman–Crippen LogP) is 5.36. The van der Waals surface area contributed by atoms with Gasteiger partial charge in [0.05, 0.1) is 12.0 Å². The first-order valence-electron chi connectivity index (χ1n) is 13.4. The van der Waals surface area contributed by atoms with Crippen LogP contribution in [0.2, 0.25) is 0 Å². The Morgan fingerprint density at radius 2 is 1.47 bits per heavy atom. The van der Waals surface area contributed by atoms with Gasteiger partial charge in [0.25, 0.3) is 0 Å². The molecule has 0 heterocycles. The van der Waals surface area contributed by atoms with Crippen LogP contribution in [0.5, 0.6) is 0 Å². The fourth-order valence-electron chi connectivity index (χ4n) is 9.85. The summed E-state index contributed by atoms with van der Waals surface area (Å²) >= 11 is 0. The number of esters is 2. The largest absolute Gasteiger partial charge is 0.457 e. The SMILES string of the molecule is CC1C2CC3CC(C2)CC1(COCOC(=O)C12CC4CC(C1)C(OC(=O)C(C)(F)F)C(C4)C2)C3. The molecular weight excluding hydrogens is 442 g/mol. The third kappa shape index (κ3) is 3.70. The lowest BCUT2D eigenvalue weighted by atomic mass is 9.46. The van der Waals surface area contributed by atoms with Gasteiger partial charge in [-0.25, -0.2) is 4.79 Å². The fourth-order valence-corrected chi connectivity index (χ4v) is 9.85. The third-order valence-electron chi connectivity index (χ3n) is 10.9. The van der Waals surface area contributed by atoms with Crippen molar-refractivity contribution in [3.8, 4) is 0 Å². The first-order chi connectivity index (χ1) is 16.1. The number of rotatable bonds is 7. The van der Waals surface area contributed by atoms with Crippen LogP contribution in [-0.2, 0) is 23.8 Å². The Bertz CT molecular complexity index is 822. The van der Waals surface area contributed by atoms with Gasteiger partial charge in [0.15, 0.2) is 6.79 Å². The van der Waals surface area contributed by atoms with Gasteiger partial charge >= 0.3 is 17.9 Å². The van der Waals surface area contributed by atoms with E-state index in [0.717, 1.165) is 37.0 Å². The highest BCUT2D eigenvalue weighted by atomic mass is 19.3. The highest BCUT2D eigenvalue weighted by molar-refractivity contribution is 5.78. The van der Waals surface area contributed by atoms with Gasteiger partial charge in [-0.15, -0.1) is 0 Å². The highest BCUT2D eigenvalue weighted by Crippen LogP contribution is 2.63. The number of hydrogen-bond donors (Lipinski definition) is 0. The van der Waals surface area contributed by atoms with E-state index in [4.69, 9.17) is 14.2 Å². The monoisotopic (exact) mass is 480 g/mol. The van der Waals surface area contributed by atoms with Crippen LogP contribution < -0.4 is 0 Å². The molecule has 0 saturated heterocycles. The number of carbonyl (C=O) groups excluding carboxylic acids is 2. The van der Waals surface area contributed by atoms with E-state index in [1.165, 1.54) is 32.1 Å². The molecule has 5 unspecified atom stereocenters. The van der Waals surface area contributed by atoms with E-state index < -0.39 is 23.4 Å². The van der Waals surface area contributed by atoms with Crippen LogP contribution in [0.25, 0.3) is 0 Å². The summed E-state index contributed by atoms with van der Waals surface area (Å²) in [5.74, 6) is -1.66. The molecule has 8 rings (SSSR count). The van der Waals surface area contributed by atoms with Gasteiger partial charge in [-0.05, 0) is 111 Å². The molecule has 0 aliphatic heterocycles. The molecule has 190 valence electrons. The van der Waals surface area contributed by atoms with Crippen LogP contribution in [0.1, 0.15) is 78.1 Å². The zero-order chi connectivity index (χ0) is 23.9. The Labute approximate surface area is 200 Å². The zero-order valence-corrected chi connectivity index (χ0v) is 20.4. The van der Waals surface area contributed by atoms with Gasteiger partial charge in [0.1, 0.15) is 6.10 Å². The Hall–Kier alpha value is -1.24. The maximum atomic E-state index is 13.4. The molecule has 34 heavy (non-hydrogen) atoms. The summed E-state index contributed by atoms with van der Waals surface area (Å²) in [5, 5.41) is 0. The lowest BCUT2D eigenvalue weighted by Gasteiger charge is -2.60. The Kier molecular flexibility index (Phi) is 5.37. The van der Waals surface area contributed by atoms with Gasteiger partial charge in [0, 0.05) is 6.92 Å². The average Bonchev–Trinajstić information content (AvgIpc) is 2.75. The van der Waals surface area contributed by atoms with Crippen LogP contribution >= 0.6 is 0 Å². The first-order valence-corrected chi connectivity index (χ1v) is 13.4. The van der Waals surface area contributed by atoms with Crippen molar-refractivity contribution in [3.63, 3.8) is 0 Å². The molecule has 0 N–H and O–H groups in total. The molecule has 0 aromatic heterocycles. The Balaban J connectivity index is 1.04. The normalized spacial score (nSPS) is 48.2. The van der Waals surface area contributed by atoms with E-state index in [1.807, 2.05) is 0 Å². The lowest BCUT2D eigenvalue weighted by Crippen LogP contribution is -2.58. The smallest absolute Gasteiger partial charge is 0.376 e. The van der Waals surface area contributed by atoms with E-state index >= 15 is 0 Å². The number of carbonyl (C=O) groups is 2. The molecule has 8 saturated carbocycles.